The number of rotatable bonds is 31. The number of thiazole rings is 2. The van der Waals surface area contributed by atoms with E-state index in [2.05, 4.69) is 64.5 Å². The van der Waals surface area contributed by atoms with E-state index in [1.165, 1.54) is 47.0 Å². The molecule has 5 heterocycles. The molecule has 3 aromatic carbocycles. The standard InChI is InChI=1S/C64H72FN13O11S2/c1-7-31-88-38-43-36-44(68-59(82)48(17-10-27-67-62(66)86)69-60(83)55(39(2)3)71-52(79)26-33-87-34-29-76-53(80)24-25-54(76)81)22-21-42(43)37-78(5,6)30-12-14-41-20-23-49(46(65)35-41)89-32-13-19-51-56(61(84)85)72-64(91-51)77-28-11-15-45-40(4)57(74-75-58(45)77)73-63-70-47-16-8-9-18-50(47)90-63/h1,8-9,16,18,20-25,35-36,39,48,55H,10-11,13,15,17,19,26-34,37-38H2,2-6H3,(H7-,66,67,68,69,70,71,73,74,79,82,83,84,85,86)/p+1/t48-,55-/m0/s1. The molecule has 7 amide bonds. The predicted octanol–water partition coefficient (Wildman–Crippen LogP) is 6.65. The Morgan fingerprint density at radius 3 is 2.45 bits per heavy atom. The smallest absolute Gasteiger partial charge is 0.355 e. The fourth-order valence-corrected chi connectivity index (χ4v) is 12.0. The fourth-order valence-electron chi connectivity index (χ4n) is 10.0. The van der Waals surface area contributed by atoms with Gasteiger partial charge in [-0.15, -0.1) is 28.0 Å². The third-order valence-corrected chi connectivity index (χ3v) is 16.8. The Morgan fingerprint density at radius 1 is 0.923 bits per heavy atom. The van der Waals surface area contributed by atoms with Crippen LogP contribution in [-0.4, -0.2) is 155 Å². The van der Waals surface area contributed by atoms with Crippen molar-refractivity contribution in [2.75, 3.05) is 82.2 Å². The Hall–Kier alpha value is -9.38. The molecular formula is C64H73FN13O11S2+. The van der Waals surface area contributed by atoms with Crippen LogP contribution in [0.25, 0.3) is 10.2 Å². The zero-order chi connectivity index (χ0) is 65.2. The van der Waals surface area contributed by atoms with Crippen LogP contribution < -0.4 is 42.0 Å². The third kappa shape index (κ3) is 18.8. The van der Waals surface area contributed by atoms with Gasteiger partial charge in [0.25, 0.3) is 11.8 Å². The van der Waals surface area contributed by atoms with Crippen molar-refractivity contribution in [2.45, 2.75) is 91.0 Å². The van der Waals surface area contributed by atoms with Crippen molar-refractivity contribution < 1.29 is 61.8 Å². The Kier molecular flexibility index (Phi) is 23.7. The van der Waals surface area contributed by atoms with Gasteiger partial charge in [0.1, 0.15) is 31.8 Å². The molecule has 2 atom stereocenters. The molecule has 8 N–H and O–H groups in total. The van der Waals surface area contributed by atoms with Crippen LogP contribution in [0.1, 0.15) is 89.1 Å². The van der Waals surface area contributed by atoms with Crippen molar-refractivity contribution in [1.29, 1.82) is 0 Å². The van der Waals surface area contributed by atoms with E-state index in [0.717, 1.165) is 50.2 Å². The molecule has 0 saturated carbocycles. The number of imide groups is 1. The van der Waals surface area contributed by atoms with Gasteiger partial charge in [-0.2, -0.15) is 0 Å². The summed E-state index contributed by atoms with van der Waals surface area (Å²) in [6, 6.07) is 14.8. The molecule has 3 aromatic heterocycles. The molecule has 2 aliphatic rings. The molecule has 24 nitrogen and oxygen atoms in total. The summed E-state index contributed by atoms with van der Waals surface area (Å²) in [7, 11) is 3.96. The number of urea groups is 1. The van der Waals surface area contributed by atoms with E-state index in [9.17, 15) is 38.7 Å². The molecule has 0 saturated heterocycles. The zero-order valence-corrected chi connectivity index (χ0v) is 52.8. The maximum Gasteiger partial charge on any atom is 0.355 e. The number of carbonyl (C=O) groups is 7. The lowest BCUT2D eigenvalue weighted by Crippen LogP contribution is -2.54. The third-order valence-electron chi connectivity index (χ3n) is 14.7. The lowest BCUT2D eigenvalue weighted by molar-refractivity contribution is -0.896. The van der Waals surface area contributed by atoms with Gasteiger partial charge in [-0.3, -0.25) is 28.9 Å². The monoisotopic (exact) mass is 1280 g/mol. The van der Waals surface area contributed by atoms with Crippen molar-refractivity contribution in [3.63, 3.8) is 0 Å². The lowest BCUT2D eigenvalue weighted by Gasteiger charge is -2.29. The maximum absolute atomic E-state index is 15.5. The summed E-state index contributed by atoms with van der Waals surface area (Å²) in [5, 5.41) is 34.7. The number of aromatic carboxylic acids is 1. The molecule has 478 valence electrons. The number of fused-ring (bicyclic) bond motifs is 2. The number of ether oxygens (including phenoxy) is 3. The average Bonchev–Trinajstić information content (AvgIpc) is 1.87. The summed E-state index contributed by atoms with van der Waals surface area (Å²) >= 11 is 2.81. The zero-order valence-electron chi connectivity index (χ0n) is 51.2. The van der Waals surface area contributed by atoms with E-state index in [1.807, 2.05) is 56.3 Å². The van der Waals surface area contributed by atoms with Crippen LogP contribution in [-0.2, 0) is 59.4 Å². The second-order valence-electron chi connectivity index (χ2n) is 22.5. The Labute approximate surface area is 534 Å². The number of quaternary nitrogens is 1. The van der Waals surface area contributed by atoms with Gasteiger partial charge in [0, 0.05) is 64.5 Å². The van der Waals surface area contributed by atoms with Crippen LogP contribution in [0.2, 0.25) is 0 Å². The molecule has 0 spiro atoms. The van der Waals surface area contributed by atoms with Gasteiger partial charge in [-0.25, -0.2) is 23.9 Å². The first-order valence-corrected chi connectivity index (χ1v) is 31.2. The second-order valence-corrected chi connectivity index (χ2v) is 24.6. The van der Waals surface area contributed by atoms with Crippen LogP contribution in [0.15, 0.2) is 72.8 Å². The molecule has 0 radical (unpaired) electrons. The number of para-hydroxylation sites is 1. The van der Waals surface area contributed by atoms with E-state index in [-0.39, 0.29) is 76.8 Å². The molecule has 0 bridgehead atoms. The minimum Gasteiger partial charge on any atom is -0.491 e. The number of carboxylic acid groups (broad SMARTS) is 1. The number of benzene rings is 3. The summed E-state index contributed by atoms with van der Waals surface area (Å²) in [6.45, 7) is 7.21. The summed E-state index contributed by atoms with van der Waals surface area (Å²) in [6.07, 6.45) is 10.4. The molecule has 0 unspecified atom stereocenters. The van der Waals surface area contributed by atoms with Crippen LogP contribution in [0.3, 0.4) is 0 Å². The molecular weight excluding hydrogens is 1210 g/mol. The van der Waals surface area contributed by atoms with Gasteiger partial charge < -0.3 is 61.0 Å². The van der Waals surface area contributed by atoms with E-state index >= 15 is 4.39 Å². The normalized spacial score (nSPS) is 13.5. The molecule has 27 heteroatoms. The average molecular weight is 1280 g/mol. The van der Waals surface area contributed by atoms with Crippen molar-refractivity contribution in [3.05, 3.63) is 117 Å². The van der Waals surface area contributed by atoms with Crippen molar-refractivity contribution in [2.24, 2.45) is 11.7 Å². The second kappa shape index (κ2) is 31.9. The van der Waals surface area contributed by atoms with E-state index in [4.69, 9.17) is 26.4 Å². The number of anilines is 5. The highest BCUT2D eigenvalue weighted by Crippen LogP contribution is 2.39. The first-order valence-electron chi connectivity index (χ1n) is 29.6. The number of aromatic nitrogens is 4. The van der Waals surface area contributed by atoms with E-state index in [0.29, 0.717) is 75.0 Å². The van der Waals surface area contributed by atoms with Crippen LogP contribution in [0.5, 0.6) is 5.75 Å². The molecule has 91 heavy (non-hydrogen) atoms. The van der Waals surface area contributed by atoms with Crippen LogP contribution >= 0.6 is 22.7 Å². The van der Waals surface area contributed by atoms with Gasteiger partial charge in [0.05, 0.1) is 57.3 Å². The quantitative estimate of drug-likeness (QED) is 0.0104. The molecule has 8 rings (SSSR count). The van der Waals surface area contributed by atoms with Gasteiger partial charge in [-0.05, 0) is 105 Å². The summed E-state index contributed by atoms with van der Waals surface area (Å²) < 4.78 is 34.0. The first kappa shape index (κ1) is 67.5. The molecule has 6 aromatic rings. The number of nitrogens with zero attached hydrogens (tertiary/aromatic N) is 7. The number of terminal acetylenes is 1. The topological polar surface area (TPSA) is 312 Å². The van der Waals surface area contributed by atoms with Crippen molar-refractivity contribution in [3.8, 4) is 29.9 Å². The highest BCUT2D eigenvalue weighted by molar-refractivity contribution is 7.22. The SMILES string of the molecule is C#CCOCc1cc(NC(=O)[C@H](CCCNC(N)=O)NC(=O)[C@@H](NC(=O)CCOCCN2C(=O)C=CC2=O)C(C)C)ccc1C[N+](C)(C)CC#Cc1ccc(OCCCc2sc(N3CCCc4c3nnc(Nc3nc5ccccc5s3)c4C)nc2C(=O)O)c(F)c1. The minimum absolute atomic E-state index is 0.0164. The first-order chi connectivity index (χ1) is 43.7. The highest BCUT2D eigenvalue weighted by Gasteiger charge is 2.31. The maximum atomic E-state index is 15.5. The molecule has 0 aliphatic carbocycles. The molecule has 0 fully saturated rings. The summed E-state index contributed by atoms with van der Waals surface area (Å²) in [4.78, 5) is 101. The van der Waals surface area contributed by atoms with Crippen molar-refractivity contribution in [1.82, 2.24) is 41.0 Å². The summed E-state index contributed by atoms with van der Waals surface area (Å²) in [5.74, 6) is 5.24. The van der Waals surface area contributed by atoms with Gasteiger partial charge in [0.2, 0.25) is 17.7 Å². The number of halogens is 1. The van der Waals surface area contributed by atoms with Crippen LogP contribution in [0, 0.1) is 42.8 Å². The van der Waals surface area contributed by atoms with Gasteiger partial charge in [0.15, 0.2) is 39.2 Å². The number of primary amides is 1. The van der Waals surface area contributed by atoms with E-state index in [1.54, 1.807) is 32.0 Å². The van der Waals surface area contributed by atoms with Crippen LogP contribution in [0.4, 0.5) is 36.8 Å². The molecule has 2 aliphatic heterocycles. The Morgan fingerprint density at radius 2 is 1.71 bits per heavy atom. The number of amides is 7. The van der Waals surface area contributed by atoms with Gasteiger partial charge >= 0.3 is 12.0 Å². The largest absolute Gasteiger partial charge is 0.491 e. The number of hydrogen-bond donors (Lipinski definition) is 7. The number of nitrogens with one attached hydrogen (secondary N) is 5. The Balaban J connectivity index is 0.837. The number of aryl methyl sites for hydroxylation is 1. The number of carbonyl (C=O) groups excluding carboxylic acids is 6. The minimum atomic E-state index is -1.15. The Bertz CT molecular complexity index is 3760. The van der Waals surface area contributed by atoms with Gasteiger partial charge in [-0.1, -0.05) is 55.2 Å². The lowest BCUT2D eigenvalue weighted by atomic mass is 10.0. The predicted molar refractivity (Wildman–Crippen MR) is 342 cm³/mol. The van der Waals surface area contributed by atoms with Crippen molar-refractivity contribution >= 4 is 102 Å². The number of carboxylic acids is 1. The fraction of sp³-hybridized carbons (Fsp3) is 0.391. The summed E-state index contributed by atoms with van der Waals surface area (Å²) in [5.41, 5.74) is 10.4. The number of nitrogens with two attached hydrogens (primary N) is 1. The van der Waals surface area contributed by atoms with E-state index < -0.39 is 65.4 Å². The number of hydrogen-bond acceptors (Lipinski definition) is 18. The highest BCUT2D eigenvalue weighted by atomic mass is 32.1.